The van der Waals surface area contributed by atoms with Crippen LogP contribution in [0.2, 0.25) is 0 Å². The molecule has 1 amide bonds. The molecule has 0 fully saturated rings. The van der Waals surface area contributed by atoms with Crippen LogP contribution in [0.5, 0.6) is 0 Å². The molecule has 0 radical (unpaired) electrons. The van der Waals surface area contributed by atoms with Crippen LogP contribution in [0.4, 0.5) is 0 Å². The van der Waals surface area contributed by atoms with Gasteiger partial charge >= 0.3 is 5.97 Å². The van der Waals surface area contributed by atoms with E-state index in [4.69, 9.17) is 9.15 Å². The van der Waals surface area contributed by atoms with Gasteiger partial charge in [-0.3, -0.25) is 4.79 Å². The molecule has 1 heterocycles. The molecule has 0 spiro atoms. The van der Waals surface area contributed by atoms with Crippen molar-refractivity contribution in [3.05, 3.63) is 35.2 Å². The molecule has 0 saturated heterocycles. The normalized spacial score (nSPS) is 9.56. The Morgan fingerprint density at radius 1 is 1.56 bits per heavy atom. The van der Waals surface area contributed by atoms with E-state index < -0.39 is 5.97 Å². The van der Waals surface area contributed by atoms with E-state index in [0.29, 0.717) is 11.2 Å². The third kappa shape index (κ3) is 3.90. The van der Waals surface area contributed by atoms with Crippen molar-refractivity contribution in [3.63, 3.8) is 0 Å². The Balaban J connectivity index is 2.35. The summed E-state index contributed by atoms with van der Waals surface area (Å²) >= 11 is 3.05. The van der Waals surface area contributed by atoms with E-state index in [2.05, 4.69) is 27.8 Å². The van der Waals surface area contributed by atoms with Gasteiger partial charge in [0.1, 0.15) is 0 Å². The minimum Gasteiger partial charge on any atom is -0.450 e. The second kappa shape index (κ2) is 6.12. The van der Waals surface area contributed by atoms with Crippen LogP contribution in [-0.4, -0.2) is 25.0 Å². The zero-order chi connectivity index (χ0) is 12.0. The van der Waals surface area contributed by atoms with Crippen molar-refractivity contribution in [1.29, 1.82) is 0 Å². The molecule has 0 aliphatic rings. The van der Waals surface area contributed by atoms with Gasteiger partial charge in [0.25, 0.3) is 5.91 Å². The van der Waals surface area contributed by atoms with Crippen molar-refractivity contribution in [2.75, 3.05) is 13.2 Å². The molecule has 0 unspecified atom stereocenters. The van der Waals surface area contributed by atoms with Gasteiger partial charge in [-0.05, 0) is 28.1 Å². The molecule has 0 bridgehead atoms. The molecule has 1 aromatic rings. The number of rotatable bonds is 5. The molecule has 86 valence electrons. The summed E-state index contributed by atoms with van der Waals surface area (Å²) in [7, 11) is 0. The Bertz CT molecular complexity index is 399. The molecule has 6 heteroatoms. The maximum atomic E-state index is 11.3. The summed E-state index contributed by atoms with van der Waals surface area (Å²) in [5.41, 5.74) is 0. The quantitative estimate of drug-likeness (QED) is 0.658. The molecule has 5 nitrogen and oxygen atoms in total. The van der Waals surface area contributed by atoms with E-state index >= 15 is 0 Å². The zero-order valence-corrected chi connectivity index (χ0v) is 9.95. The summed E-state index contributed by atoms with van der Waals surface area (Å²) in [6.07, 6.45) is 1.53. The number of carbonyl (C=O) groups is 2. The van der Waals surface area contributed by atoms with E-state index in [0.717, 1.165) is 0 Å². The maximum absolute atomic E-state index is 11.3. The first-order chi connectivity index (χ1) is 7.63. The van der Waals surface area contributed by atoms with Gasteiger partial charge in [-0.1, -0.05) is 6.08 Å². The summed E-state index contributed by atoms with van der Waals surface area (Å²) < 4.78 is 10.1. The number of carbonyl (C=O) groups excluding carboxylic acids is 2. The van der Waals surface area contributed by atoms with Gasteiger partial charge in [-0.2, -0.15) is 0 Å². The first-order valence-electron chi connectivity index (χ1n) is 4.43. The number of hydrogen-bond donors (Lipinski definition) is 1. The van der Waals surface area contributed by atoms with Crippen molar-refractivity contribution in [1.82, 2.24) is 5.32 Å². The first-order valence-corrected chi connectivity index (χ1v) is 5.23. The third-order valence-corrected chi connectivity index (χ3v) is 1.98. The lowest BCUT2D eigenvalue weighted by molar-refractivity contribution is -0.124. The van der Waals surface area contributed by atoms with Gasteiger partial charge < -0.3 is 14.5 Å². The van der Waals surface area contributed by atoms with Crippen LogP contribution in [0, 0.1) is 0 Å². The maximum Gasteiger partial charge on any atom is 0.374 e. The minimum atomic E-state index is -0.681. The van der Waals surface area contributed by atoms with Gasteiger partial charge in [0.2, 0.25) is 5.76 Å². The highest BCUT2D eigenvalue weighted by Gasteiger charge is 2.13. The first kappa shape index (κ1) is 12.5. The fourth-order valence-electron chi connectivity index (χ4n) is 0.863. The van der Waals surface area contributed by atoms with Gasteiger partial charge in [0.15, 0.2) is 11.3 Å². The third-order valence-electron chi connectivity index (χ3n) is 1.55. The van der Waals surface area contributed by atoms with Crippen molar-refractivity contribution in [3.8, 4) is 0 Å². The van der Waals surface area contributed by atoms with Crippen molar-refractivity contribution < 1.29 is 18.7 Å². The van der Waals surface area contributed by atoms with Crippen LogP contribution in [-0.2, 0) is 9.53 Å². The van der Waals surface area contributed by atoms with E-state index in [-0.39, 0.29) is 18.3 Å². The molecule has 1 rings (SSSR count). The summed E-state index contributed by atoms with van der Waals surface area (Å²) in [5.74, 6) is -1.03. The van der Waals surface area contributed by atoms with Crippen LogP contribution >= 0.6 is 15.9 Å². The highest BCUT2D eigenvalue weighted by atomic mass is 79.9. The highest BCUT2D eigenvalue weighted by molar-refractivity contribution is 9.10. The molecule has 16 heavy (non-hydrogen) atoms. The van der Waals surface area contributed by atoms with Crippen LogP contribution in [0.25, 0.3) is 0 Å². The van der Waals surface area contributed by atoms with E-state index in [9.17, 15) is 9.59 Å². The SMILES string of the molecule is C=CCNC(=O)COC(=O)c1ccc(Br)o1. The fraction of sp³-hybridized carbons (Fsp3) is 0.200. The number of nitrogens with one attached hydrogen (secondary N) is 1. The van der Waals surface area contributed by atoms with Crippen LogP contribution < -0.4 is 5.32 Å². The molecular formula is C10H10BrNO4. The number of halogens is 1. The lowest BCUT2D eigenvalue weighted by atomic mass is 10.4. The Morgan fingerprint density at radius 3 is 2.88 bits per heavy atom. The number of esters is 1. The van der Waals surface area contributed by atoms with Crippen molar-refractivity contribution in [2.24, 2.45) is 0 Å². The van der Waals surface area contributed by atoms with Crippen molar-refractivity contribution in [2.45, 2.75) is 0 Å². The second-order valence-electron chi connectivity index (χ2n) is 2.77. The molecule has 1 N–H and O–H groups in total. The van der Waals surface area contributed by atoms with Crippen LogP contribution in [0.15, 0.2) is 33.9 Å². The largest absolute Gasteiger partial charge is 0.450 e. The molecule has 1 aromatic heterocycles. The lowest BCUT2D eigenvalue weighted by Gasteiger charge is -2.02. The molecule has 0 aliphatic carbocycles. The molecular weight excluding hydrogens is 278 g/mol. The predicted octanol–water partition coefficient (Wildman–Crippen LogP) is 1.50. The summed E-state index contributed by atoms with van der Waals surface area (Å²) in [6, 6.07) is 3.02. The number of hydrogen-bond acceptors (Lipinski definition) is 4. The van der Waals surface area contributed by atoms with Gasteiger partial charge in [-0.15, -0.1) is 6.58 Å². The zero-order valence-electron chi connectivity index (χ0n) is 8.36. The number of amides is 1. The standard InChI is InChI=1S/C10H10BrNO4/c1-2-5-12-9(13)6-15-10(14)7-3-4-8(11)16-7/h2-4H,1,5-6H2,(H,12,13). The van der Waals surface area contributed by atoms with Gasteiger partial charge in [0, 0.05) is 6.54 Å². The predicted molar refractivity (Wildman–Crippen MR) is 59.9 cm³/mol. The number of furan rings is 1. The summed E-state index contributed by atoms with van der Waals surface area (Å²) in [5, 5.41) is 2.47. The average molecular weight is 288 g/mol. The summed E-state index contributed by atoms with van der Waals surface area (Å²) in [4.78, 5) is 22.4. The second-order valence-corrected chi connectivity index (χ2v) is 3.55. The van der Waals surface area contributed by atoms with E-state index in [1.807, 2.05) is 0 Å². The molecule has 0 saturated carbocycles. The van der Waals surface area contributed by atoms with Crippen LogP contribution in [0.1, 0.15) is 10.6 Å². The lowest BCUT2D eigenvalue weighted by Crippen LogP contribution is -2.28. The Hall–Kier alpha value is -1.56. The monoisotopic (exact) mass is 287 g/mol. The van der Waals surface area contributed by atoms with Crippen LogP contribution in [0.3, 0.4) is 0 Å². The van der Waals surface area contributed by atoms with E-state index in [1.54, 1.807) is 6.07 Å². The van der Waals surface area contributed by atoms with Gasteiger partial charge in [-0.25, -0.2) is 4.79 Å². The van der Waals surface area contributed by atoms with E-state index in [1.165, 1.54) is 12.1 Å². The molecule has 0 atom stereocenters. The average Bonchev–Trinajstić information content (AvgIpc) is 2.69. The number of ether oxygens (including phenoxy) is 1. The van der Waals surface area contributed by atoms with Gasteiger partial charge in [0.05, 0.1) is 0 Å². The van der Waals surface area contributed by atoms with Crippen molar-refractivity contribution >= 4 is 27.8 Å². The smallest absolute Gasteiger partial charge is 0.374 e. The molecule has 0 aliphatic heterocycles. The topological polar surface area (TPSA) is 68.5 Å². The Labute approximate surface area is 101 Å². The Kier molecular flexibility index (Phi) is 4.78. The molecule has 0 aromatic carbocycles. The Morgan fingerprint density at radius 2 is 2.31 bits per heavy atom. The summed E-state index contributed by atoms with van der Waals surface area (Å²) in [6.45, 7) is 3.43. The highest BCUT2D eigenvalue weighted by Crippen LogP contribution is 2.14. The fourth-order valence-corrected chi connectivity index (χ4v) is 1.17. The minimum absolute atomic E-state index is 0.0448.